The molecule has 0 saturated carbocycles. The van der Waals surface area contributed by atoms with Crippen LogP contribution in [0, 0.1) is 13.8 Å². The van der Waals surface area contributed by atoms with Crippen LogP contribution < -0.4 is 10.1 Å². The molecule has 0 bridgehead atoms. The normalized spacial score (nSPS) is 11.6. The van der Waals surface area contributed by atoms with Crippen molar-refractivity contribution in [1.29, 1.82) is 0 Å². The molecule has 28 heavy (non-hydrogen) atoms. The summed E-state index contributed by atoms with van der Waals surface area (Å²) < 4.78 is 15.8. The van der Waals surface area contributed by atoms with E-state index >= 15 is 0 Å². The Labute approximate surface area is 165 Å². The van der Waals surface area contributed by atoms with Crippen LogP contribution in [-0.2, 0) is 14.3 Å². The van der Waals surface area contributed by atoms with Crippen LogP contribution in [0.4, 0.5) is 5.69 Å². The lowest BCUT2D eigenvalue weighted by molar-refractivity contribution is -0.152. The van der Waals surface area contributed by atoms with E-state index in [-0.39, 0.29) is 12.5 Å². The van der Waals surface area contributed by atoms with Crippen LogP contribution >= 0.6 is 0 Å². The van der Waals surface area contributed by atoms with Crippen LogP contribution in [0.25, 0.3) is 0 Å². The number of carbonyl (C=O) groups is 2. The molecule has 0 aliphatic rings. The van der Waals surface area contributed by atoms with Crippen LogP contribution in [-0.4, -0.2) is 37.8 Å². The fourth-order valence-electron chi connectivity index (χ4n) is 2.55. The molecule has 6 nitrogen and oxygen atoms in total. The zero-order valence-corrected chi connectivity index (χ0v) is 16.8. The van der Waals surface area contributed by atoms with E-state index in [9.17, 15) is 9.59 Å². The molecular formula is C22H27NO5. The zero-order valence-electron chi connectivity index (χ0n) is 16.8. The predicted octanol–water partition coefficient (Wildman–Crippen LogP) is 3.90. The van der Waals surface area contributed by atoms with Gasteiger partial charge in [0, 0.05) is 17.9 Å². The number of esters is 1. The molecule has 0 aliphatic heterocycles. The molecule has 6 heteroatoms. The van der Waals surface area contributed by atoms with Gasteiger partial charge in [-0.2, -0.15) is 0 Å². The number of anilines is 1. The summed E-state index contributed by atoms with van der Waals surface area (Å²) in [4.78, 5) is 24.3. The molecule has 2 aromatic rings. The van der Waals surface area contributed by atoms with E-state index in [1.165, 1.54) is 0 Å². The number of rotatable bonds is 9. The second-order valence-corrected chi connectivity index (χ2v) is 6.42. The minimum absolute atomic E-state index is 0.192. The highest BCUT2D eigenvalue weighted by molar-refractivity contribution is 6.04. The quantitative estimate of drug-likeness (QED) is 0.523. The van der Waals surface area contributed by atoms with Crippen molar-refractivity contribution in [2.45, 2.75) is 33.8 Å². The Hall–Kier alpha value is -2.86. The maximum Gasteiger partial charge on any atom is 0.347 e. The van der Waals surface area contributed by atoms with Gasteiger partial charge in [-0.3, -0.25) is 4.79 Å². The van der Waals surface area contributed by atoms with Gasteiger partial charge in [0.05, 0.1) is 6.61 Å². The first-order chi connectivity index (χ1) is 13.4. The summed E-state index contributed by atoms with van der Waals surface area (Å²) in [6.45, 7) is 8.58. The van der Waals surface area contributed by atoms with Gasteiger partial charge in [0.2, 0.25) is 0 Å². The van der Waals surface area contributed by atoms with E-state index < -0.39 is 12.1 Å². The maximum absolute atomic E-state index is 12.4. The Bertz CT molecular complexity index is 801. The second-order valence-electron chi connectivity index (χ2n) is 6.42. The number of ether oxygens (including phenoxy) is 3. The van der Waals surface area contributed by atoms with E-state index in [4.69, 9.17) is 14.2 Å². The topological polar surface area (TPSA) is 73.9 Å². The summed E-state index contributed by atoms with van der Waals surface area (Å²) >= 11 is 0. The number of benzene rings is 2. The monoisotopic (exact) mass is 385 g/mol. The third-order valence-corrected chi connectivity index (χ3v) is 4.07. The molecule has 0 spiro atoms. The summed E-state index contributed by atoms with van der Waals surface area (Å²) in [5.41, 5.74) is 3.42. The highest BCUT2D eigenvalue weighted by atomic mass is 16.6. The third kappa shape index (κ3) is 6.39. The van der Waals surface area contributed by atoms with Crippen molar-refractivity contribution in [3.05, 3.63) is 59.2 Å². The van der Waals surface area contributed by atoms with Crippen LogP contribution in [0.15, 0.2) is 42.5 Å². The molecule has 1 amide bonds. The highest BCUT2D eigenvalue weighted by Gasteiger charge is 2.16. The van der Waals surface area contributed by atoms with Gasteiger partial charge in [-0.25, -0.2) is 4.79 Å². The van der Waals surface area contributed by atoms with Crippen molar-refractivity contribution in [2.24, 2.45) is 0 Å². The fourth-order valence-corrected chi connectivity index (χ4v) is 2.55. The first kappa shape index (κ1) is 21.4. The third-order valence-electron chi connectivity index (χ3n) is 4.07. The van der Waals surface area contributed by atoms with E-state index in [1.54, 1.807) is 31.2 Å². The van der Waals surface area contributed by atoms with Crippen LogP contribution in [0.1, 0.15) is 35.3 Å². The minimum Gasteiger partial charge on any atom is -0.479 e. The molecule has 150 valence electrons. The van der Waals surface area contributed by atoms with Crippen molar-refractivity contribution >= 4 is 17.6 Å². The lowest BCUT2D eigenvalue weighted by Gasteiger charge is -2.14. The smallest absolute Gasteiger partial charge is 0.347 e. The molecule has 0 fully saturated rings. The summed E-state index contributed by atoms with van der Waals surface area (Å²) in [6, 6.07) is 12.5. The van der Waals surface area contributed by atoms with E-state index in [1.807, 2.05) is 39.0 Å². The van der Waals surface area contributed by atoms with Gasteiger partial charge in [-0.1, -0.05) is 17.7 Å². The van der Waals surface area contributed by atoms with Crippen molar-refractivity contribution in [1.82, 2.24) is 0 Å². The van der Waals surface area contributed by atoms with Gasteiger partial charge in [-0.15, -0.1) is 0 Å². The average molecular weight is 385 g/mol. The second kappa shape index (κ2) is 10.5. The predicted molar refractivity (Wildman–Crippen MR) is 108 cm³/mol. The number of hydrogen-bond donors (Lipinski definition) is 1. The van der Waals surface area contributed by atoms with Crippen molar-refractivity contribution in [2.75, 3.05) is 25.1 Å². The summed E-state index contributed by atoms with van der Waals surface area (Å²) in [5, 5.41) is 2.90. The standard InChI is InChI=1S/C22H27NO5/c1-5-26-12-13-27-22(25)17(4)28-19-9-7-18(8-10-19)21(24)23-20-11-6-15(2)14-16(20)3/h6-11,14,17H,5,12-13H2,1-4H3,(H,23,24). The molecule has 0 radical (unpaired) electrons. The van der Waals surface area contributed by atoms with E-state index in [2.05, 4.69) is 5.32 Å². The highest BCUT2D eigenvalue weighted by Crippen LogP contribution is 2.19. The summed E-state index contributed by atoms with van der Waals surface area (Å²) in [7, 11) is 0. The van der Waals surface area contributed by atoms with Gasteiger partial charge in [0.15, 0.2) is 6.10 Å². The summed E-state index contributed by atoms with van der Waals surface area (Å²) in [6.07, 6.45) is -0.753. The van der Waals surface area contributed by atoms with Crippen molar-refractivity contribution in [3.8, 4) is 5.75 Å². The van der Waals surface area contributed by atoms with Gasteiger partial charge < -0.3 is 19.5 Å². The molecule has 0 heterocycles. The Morgan fingerprint density at radius 2 is 1.75 bits per heavy atom. The molecule has 1 atom stereocenters. The van der Waals surface area contributed by atoms with Crippen LogP contribution in [0.5, 0.6) is 5.75 Å². The van der Waals surface area contributed by atoms with Gasteiger partial charge in [0.1, 0.15) is 12.4 Å². The summed E-state index contributed by atoms with van der Waals surface area (Å²) in [5.74, 6) is -0.185. The molecule has 1 unspecified atom stereocenters. The number of nitrogens with one attached hydrogen (secondary N) is 1. The molecular weight excluding hydrogens is 358 g/mol. The molecule has 2 rings (SSSR count). The minimum atomic E-state index is -0.753. The average Bonchev–Trinajstić information content (AvgIpc) is 2.67. The lowest BCUT2D eigenvalue weighted by atomic mass is 10.1. The zero-order chi connectivity index (χ0) is 20.5. The van der Waals surface area contributed by atoms with E-state index in [0.29, 0.717) is 24.5 Å². The number of carbonyl (C=O) groups excluding carboxylic acids is 2. The SMILES string of the molecule is CCOCCOC(=O)C(C)Oc1ccc(C(=O)Nc2ccc(C)cc2C)cc1. The van der Waals surface area contributed by atoms with Gasteiger partial charge in [0.25, 0.3) is 5.91 Å². The number of amides is 1. The largest absolute Gasteiger partial charge is 0.479 e. The molecule has 0 saturated heterocycles. The van der Waals surface area contributed by atoms with Gasteiger partial charge in [-0.05, 0) is 63.6 Å². The molecule has 1 N–H and O–H groups in total. The lowest BCUT2D eigenvalue weighted by Crippen LogP contribution is -2.27. The first-order valence-corrected chi connectivity index (χ1v) is 9.30. The Balaban J connectivity index is 1.89. The van der Waals surface area contributed by atoms with Crippen molar-refractivity contribution < 1.29 is 23.8 Å². The van der Waals surface area contributed by atoms with Gasteiger partial charge >= 0.3 is 5.97 Å². The molecule has 2 aromatic carbocycles. The Morgan fingerprint density at radius 3 is 2.39 bits per heavy atom. The Kier molecular flexibility index (Phi) is 8.02. The maximum atomic E-state index is 12.4. The molecule has 0 aromatic heterocycles. The number of hydrogen-bond acceptors (Lipinski definition) is 5. The first-order valence-electron chi connectivity index (χ1n) is 9.30. The fraction of sp³-hybridized carbons (Fsp3) is 0.364. The van der Waals surface area contributed by atoms with Crippen molar-refractivity contribution in [3.63, 3.8) is 0 Å². The number of aryl methyl sites for hydroxylation is 2. The van der Waals surface area contributed by atoms with Crippen LogP contribution in [0.2, 0.25) is 0 Å². The van der Waals surface area contributed by atoms with E-state index in [0.717, 1.165) is 16.8 Å². The Morgan fingerprint density at radius 1 is 1.04 bits per heavy atom. The van der Waals surface area contributed by atoms with Crippen LogP contribution in [0.3, 0.4) is 0 Å². The molecule has 0 aliphatic carbocycles.